The van der Waals surface area contributed by atoms with Crippen molar-refractivity contribution >= 4 is 11.7 Å². The van der Waals surface area contributed by atoms with Gasteiger partial charge in [-0.05, 0) is 12.1 Å². The maximum Gasteiger partial charge on any atom is 0.342 e. The lowest BCUT2D eigenvalue weighted by Gasteiger charge is -2.08. The fraction of sp³-hybridized carbons (Fsp3) is 0.222. The van der Waals surface area contributed by atoms with Crippen molar-refractivity contribution in [2.45, 2.75) is 6.10 Å². The molecule has 4 N–H and O–H groups in total. The van der Waals surface area contributed by atoms with Crippen LogP contribution in [0.2, 0.25) is 0 Å². The van der Waals surface area contributed by atoms with E-state index in [-0.39, 0.29) is 5.75 Å². The molecule has 0 saturated heterocycles. The second-order valence-corrected chi connectivity index (χ2v) is 2.66. The Labute approximate surface area is 80.7 Å². The van der Waals surface area contributed by atoms with Crippen LogP contribution in [0.5, 0.6) is 5.75 Å². The highest BCUT2D eigenvalue weighted by Crippen LogP contribution is 2.19. The monoisotopic (exact) mass is 197 g/mol. The second kappa shape index (κ2) is 4.59. The van der Waals surface area contributed by atoms with Gasteiger partial charge in [-0.2, -0.15) is 0 Å². The molecule has 0 saturated carbocycles. The van der Waals surface area contributed by atoms with E-state index < -0.39 is 18.7 Å². The van der Waals surface area contributed by atoms with Crippen LogP contribution < -0.4 is 10.5 Å². The predicted octanol–water partition coefficient (Wildman–Crippen LogP) is -0.473. The minimum Gasteiger partial charge on any atom is -0.422 e. The number of hydrogen-bond donors (Lipinski definition) is 3. The Morgan fingerprint density at radius 1 is 1.50 bits per heavy atom. The van der Waals surface area contributed by atoms with Gasteiger partial charge in [-0.25, -0.2) is 4.79 Å². The zero-order valence-corrected chi connectivity index (χ0v) is 7.38. The highest BCUT2D eigenvalue weighted by Gasteiger charge is 2.16. The SMILES string of the molecule is Nc1ccccc1OC(=O)C(O)CO. The van der Waals surface area contributed by atoms with Crippen molar-refractivity contribution in [2.75, 3.05) is 12.3 Å². The maximum atomic E-state index is 11.0. The molecule has 0 spiro atoms. The zero-order valence-electron chi connectivity index (χ0n) is 7.38. The van der Waals surface area contributed by atoms with Gasteiger partial charge in [0.15, 0.2) is 11.9 Å². The van der Waals surface area contributed by atoms with E-state index in [2.05, 4.69) is 0 Å². The van der Waals surface area contributed by atoms with E-state index in [1.807, 2.05) is 0 Å². The lowest BCUT2D eigenvalue weighted by molar-refractivity contribution is -0.145. The Balaban J connectivity index is 2.70. The smallest absolute Gasteiger partial charge is 0.342 e. The number of aliphatic hydroxyl groups excluding tert-OH is 2. The van der Waals surface area contributed by atoms with Gasteiger partial charge in [0.2, 0.25) is 0 Å². The molecule has 0 amide bonds. The van der Waals surface area contributed by atoms with Gasteiger partial charge in [0.05, 0.1) is 12.3 Å². The third kappa shape index (κ3) is 2.45. The van der Waals surface area contributed by atoms with Crippen LogP contribution in [0.15, 0.2) is 24.3 Å². The van der Waals surface area contributed by atoms with Crippen molar-refractivity contribution in [1.82, 2.24) is 0 Å². The Kier molecular flexibility index (Phi) is 3.44. The zero-order chi connectivity index (χ0) is 10.6. The van der Waals surface area contributed by atoms with E-state index in [0.29, 0.717) is 5.69 Å². The maximum absolute atomic E-state index is 11.0. The van der Waals surface area contributed by atoms with Gasteiger partial charge in [0.25, 0.3) is 0 Å². The molecule has 1 aromatic rings. The first-order valence-electron chi connectivity index (χ1n) is 4.00. The van der Waals surface area contributed by atoms with Crippen molar-refractivity contribution in [2.24, 2.45) is 0 Å². The first-order valence-corrected chi connectivity index (χ1v) is 4.00. The van der Waals surface area contributed by atoms with Crippen molar-refractivity contribution in [3.8, 4) is 5.75 Å². The van der Waals surface area contributed by atoms with Crippen LogP contribution in [-0.2, 0) is 4.79 Å². The number of ether oxygens (including phenoxy) is 1. The number of hydrogen-bond acceptors (Lipinski definition) is 5. The Morgan fingerprint density at radius 2 is 2.14 bits per heavy atom. The summed E-state index contributed by atoms with van der Waals surface area (Å²) in [4.78, 5) is 11.0. The summed E-state index contributed by atoms with van der Waals surface area (Å²) in [5.74, 6) is -0.754. The molecule has 0 heterocycles. The summed E-state index contributed by atoms with van der Waals surface area (Å²) in [6.07, 6.45) is -1.53. The van der Waals surface area contributed by atoms with Crippen molar-refractivity contribution in [3.63, 3.8) is 0 Å². The minimum absolute atomic E-state index is 0.171. The molecule has 5 nitrogen and oxygen atoms in total. The number of nitrogen functional groups attached to an aromatic ring is 1. The number of rotatable bonds is 3. The van der Waals surface area contributed by atoms with Crippen LogP contribution in [0.1, 0.15) is 0 Å². The largest absolute Gasteiger partial charge is 0.422 e. The van der Waals surface area contributed by atoms with Crippen LogP contribution in [0.3, 0.4) is 0 Å². The molecule has 0 bridgehead atoms. The Bertz CT molecular complexity index is 326. The molecule has 76 valence electrons. The molecule has 5 heteroatoms. The third-order valence-corrected chi connectivity index (χ3v) is 1.57. The average Bonchev–Trinajstić information content (AvgIpc) is 2.20. The van der Waals surface area contributed by atoms with Crippen LogP contribution in [-0.4, -0.2) is 28.9 Å². The Morgan fingerprint density at radius 3 is 2.71 bits per heavy atom. The lowest BCUT2D eigenvalue weighted by Crippen LogP contribution is -2.29. The van der Waals surface area contributed by atoms with Gasteiger partial charge in [0, 0.05) is 0 Å². The summed E-state index contributed by atoms with van der Waals surface area (Å²) in [5, 5.41) is 17.4. The topological polar surface area (TPSA) is 92.8 Å². The third-order valence-electron chi connectivity index (χ3n) is 1.57. The lowest BCUT2D eigenvalue weighted by atomic mass is 10.3. The number of aliphatic hydroxyl groups is 2. The van der Waals surface area contributed by atoms with Gasteiger partial charge in [-0.3, -0.25) is 0 Å². The van der Waals surface area contributed by atoms with Crippen molar-refractivity contribution in [3.05, 3.63) is 24.3 Å². The van der Waals surface area contributed by atoms with Crippen LogP contribution >= 0.6 is 0 Å². The fourth-order valence-corrected chi connectivity index (χ4v) is 0.824. The van der Waals surface area contributed by atoms with E-state index in [1.165, 1.54) is 6.07 Å². The van der Waals surface area contributed by atoms with Crippen molar-refractivity contribution in [1.29, 1.82) is 0 Å². The summed E-state index contributed by atoms with van der Waals surface area (Å²) in [6.45, 7) is -0.675. The van der Waals surface area contributed by atoms with E-state index in [1.54, 1.807) is 18.2 Å². The molecule has 0 aliphatic heterocycles. The number of benzene rings is 1. The number of esters is 1. The fourth-order valence-electron chi connectivity index (χ4n) is 0.824. The highest BCUT2D eigenvalue weighted by molar-refractivity contribution is 5.78. The van der Waals surface area contributed by atoms with Gasteiger partial charge < -0.3 is 20.7 Å². The van der Waals surface area contributed by atoms with Gasteiger partial charge >= 0.3 is 5.97 Å². The second-order valence-electron chi connectivity index (χ2n) is 2.66. The molecule has 1 unspecified atom stereocenters. The van der Waals surface area contributed by atoms with Gasteiger partial charge in [-0.1, -0.05) is 12.1 Å². The van der Waals surface area contributed by atoms with Crippen LogP contribution in [0, 0.1) is 0 Å². The highest BCUT2D eigenvalue weighted by atomic mass is 16.6. The summed E-state index contributed by atoms with van der Waals surface area (Å²) in [6, 6.07) is 6.39. The molecule has 0 aliphatic carbocycles. The van der Waals surface area contributed by atoms with Crippen LogP contribution in [0.4, 0.5) is 5.69 Å². The number of carbonyl (C=O) groups is 1. The molecule has 0 aromatic heterocycles. The summed E-state index contributed by atoms with van der Waals surface area (Å²) in [7, 11) is 0. The summed E-state index contributed by atoms with van der Waals surface area (Å²) >= 11 is 0. The molecule has 1 aromatic carbocycles. The van der Waals surface area contributed by atoms with E-state index in [0.717, 1.165) is 0 Å². The first kappa shape index (κ1) is 10.5. The molecule has 1 rings (SSSR count). The molecular formula is C9H11NO4. The molecular weight excluding hydrogens is 186 g/mol. The van der Waals surface area contributed by atoms with E-state index in [9.17, 15) is 4.79 Å². The van der Waals surface area contributed by atoms with Gasteiger partial charge in [-0.15, -0.1) is 0 Å². The number of anilines is 1. The van der Waals surface area contributed by atoms with E-state index in [4.69, 9.17) is 20.7 Å². The van der Waals surface area contributed by atoms with E-state index >= 15 is 0 Å². The van der Waals surface area contributed by atoms with Crippen LogP contribution in [0.25, 0.3) is 0 Å². The average molecular weight is 197 g/mol. The predicted molar refractivity (Wildman–Crippen MR) is 49.6 cm³/mol. The molecule has 0 radical (unpaired) electrons. The molecule has 1 atom stereocenters. The summed E-state index contributed by atoms with van der Waals surface area (Å²) < 4.78 is 4.72. The van der Waals surface area contributed by atoms with Crippen molar-refractivity contribution < 1.29 is 19.7 Å². The number of para-hydroxylation sites is 2. The first-order chi connectivity index (χ1) is 6.65. The normalized spacial score (nSPS) is 12.1. The van der Waals surface area contributed by atoms with Gasteiger partial charge in [0.1, 0.15) is 0 Å². The Hall–Kier alpha value is -1.59. The molecule has 0 aliphatic rings. The molecule has 0 fully saturated rings. The molecule has 14 heavy (non-hydrogen) atoms. The summed E-state index contributed by atoms with van der Waals surface area (Å²) in [5.41, 5.74) is 5.79. The number of carbonyl (C=O) groups excluding carboxylic acids is 1. The standard InChI is InChI=1S/C9H11NO4/c10-6-3-1-2-4-8(6)14-9(13)7(12)5-11/h1-4,7,11-12H,5,10H2. The quantitative estimate of drug-likeness (QED) is 0.346. The minimum atomic E-state index is -1.53. The number of nitrogens with two attached hydrogens (primary N) is 1.